The summed E-state index contributed by atoms with van der Waals surface area (Å²) in [6.07, 6.45) is 5.08. The van der Waals surface area contributed by atoms with Crippen LogP contribution in [0.4, 0.5) is 5.69 Å². The molecule has 1 amide bonds. The number of amides is 1. The second kappa shape index (κ2) is 6.95. The lowest BCUT2D eigenvalue weighted by atomic mass is 10.0. The zero-order valence-electron chi connectivity index (χ0n) is 14.0. The number of hydrogen-bond acceptors (Lipinski definition) is 6. The first-order valence-electron chi connectivity index (χ1n) is 8.41. The Morgan fingerprint density at radius 1 is 1.24 bits per heavy atom. The van der Waals surface area contributed by atoms with Crippen molar-refractivity contribution in [3.63, 3.8) is 0 Å². The Balaban J connectivity index is 1.53. The Labute approximate surface area is 146 Å². The maximum Gasteiger partial charge on any atom is 0.253 e. The van der Waals surface area contributed by atoms with Crippen LogP contribution in [0.25, 0.3) is 0 Å². The highest BCUT2D eigenvalue weighted by Gasteiger charge is 2.43. The van der Waals surface area contributed by atoms with E-state index in [1.807, 2.05) is 24.3 Å². The number of nitrogens with zero attached hydrogens (tertiary/aromatic N) is 3. The number of ether oxygens (including phenoxy) is 2. The van der Waals surface area contributed by atoms with Crippen LogP contribution in [-0.4, -0.2) is 60.8 Å². The van der Waals surface area contributed by atoms with Gasteiger partial charge in [-0.2, -0.15) is 0 Å². The second-order valence-electron chi connectivity index (χ2n) is 6.51. The van der Waals surface area contributed by atoms with Crippen LogP contribution >= 0.6 is 0 Å². The number of anilines is 1. The van der Waals surface area contributed by atoms with E-state index in [-0.39, 0.29) is 12.5 Å². The summed E-state index contributed by atoms with van der Waals surface area (Å²) in [7, 11) is 0. The molecule has 1 spiro atoms. The number of carbonyl (C=O) groups excluding carboxylic acids is 1. The van der Waals surface area contributed by atoms with Gasteiger partial charge in [-0.15, -0.1) is 0 Å². The van der Waals surface area contributed by atoms with Gasteiger partial charge in [-0.3, -0.25) is 14.7 Å². The van der Waals surface area contributed by atoms with Crippen molar-refractivity contribution >= 4 is 11.6 Å². The molecule has 2 saturated heterocycles. The number of furan rings is 1. The van der Waals surface area contributed by atoms with Gasteiger partial charge in [0.15, 0.2) is 0 Å². The fraction of sp³-hybridized carbons (Fsp3) is 0.444. The molecule has 2 aromatic heterocycles. The van der Waals surface area contributed by atoms with Crippen LogP contribution in [0.3, 0.4) is 0 Å². The Morgan fingerprint density at radius 2 is 2.20 bits per heavy atom. The maximum absolute atomic E-state index is 12.3. The summed E-state index contributed by atoms with van der Waals surface area (Å²) in [5.74, 6) is 0.855. The van der Waals surface area contributed by atoms with Crippen LogP contribution < -0.4 is 4.90 Å². The Bertz CT molecular complexity index is 706. The summed E-state index contributed by atoms with van der Waals surface area (Å²) in [4.78, 5) is 20.5. The number of rotatable bonds is 3. The fourth-order valence-electron chi connectivity index (χ4n) is 3.39. The molecule has 2 aliphatic rings. The Kier molecular flexibility index (Phi) is 4.52. The van der Waals surface area contributed by atoms with Gasteiger partial charge in [0.05, 0.1) is 44.5 Å². The van der Waals surface area contributed by atoms with Gasteiger partial charge >= 0.3 is 0 Å². The first kappa shape index (κ1) is 16.3. The third kappa shape index (κ3) is 3.58. The van der Waals surface area contributed by atoms with E-state index in [0.29, 0.717) is 32.8 Å². The molecule has 1 atom stereocenters. The maximum atomic E-state index is 12.3. The van der Waals surface area contributed by atoms with Crippen LogP contribution in [-0.2, 0) is 20.8 Å². The summed E-state index contributed by atoms with van der Waals surface area (Å²) in [6, 6.07) is 7.57. The molecule has 2 aromatic rings. The molecule has 0 aliphatic carbocycles. The highest BCUT2D eigenvalue weighted by atomic mass is 16.6. The minimum absolute atomic E-state index is 0.0485. The number of hydrogen-bond donors (Lipinski definition) is 0. The molecule has 7 heteroatoms. The van der Waals surface area contributed by atoms with Gasteiger partial charge in [0.2, 0.25) is 0 Å². The minimum Gasteiger partial charge on any atom is -0.468 e. The lowest BCUT2D eigenvalue weighted by Crippen LogP contribution is -2.60. The number of carbonyl (C=O) groups is 1. The molecule has 25 heavy (non-hydrogen) atoms. The summed E-state index contributed by atoms with van der Waals surface area (Å²) in [6.45, 7) is 3.77. The minimum atomic E-state index is -0.549. The van der Waals surface area contributed by atoms with Gasteiger partial charge < -0.3 is 18.8 Å². The van der Waals surface area contributed by atoms with Gasteiger partial charge in [0.1, 0.15) is 18.0 Å². The van der Waals surface area contributed by atoms with Gasteiger partial charge in [0, 0.05) is 19.3 Å². The SMILES string of the molecule is O=C1CO[C@@]2(COCCN(Cc3ccco3)C2)CN1c1cccnc1. The molecule has 4 heterocycles. The van der Waals surface area contributed by atoms with E-state index < -0.39 is 5.60 Å². The first-order valence-corrected chi connectivity index (χ1v) is 8.41. The van der Waals surface area contributed by atoms with E-state index in [1.165, 1.54) is 0 Å². The molecule has 2 fully saturated rings. The second-order valence-corrected chi connectivity index (χ2v) is 6.51. The van der Waals surface area contributed by atoms with Crippen LogP contribution in [0.1, 0.15) is 5.76 Å². The zero-order chi connectivity index (χ0) is 17.1. The van der Waals surface area contributed by atoms with Gasteiger partial charge in [-0.1, -0.05) is 0 Å². The molecule has 0 saturated carbocycles. The summed E-state index contributed by atoms with van der Waals surface area (Å²) < 4.78 is 17.3. The van der Waals surface area contributed by atoms with Crippen molar-refractivity contribution in [1.82, 2.24) is 9.88 Å². The zero-order valence-corrected chi connectivity index (χ0v) is 14.0. The molecule has 132 valence electrons. The molecule has 7 nitrogen and oxygen atoms in total. The number of pyridine rings is 1. The average molecular weight is 343 g/mol. The normalized spacial score (nSPS) is 25.3. The standard InChI is InChI=1S/C18H21N3O4/c22-17-11-25-18(13-21(17)15-3-1-5-19-9-15)12-20(6-8-23-14-18)10-16-4-2-7-24-16/h1-5,7,9H,6,8,10-14H2/t18-/m1/s1. The third-order valence-corrected chi connectivity index (χ3v) is 4.60. The van der Waals surface area contributed by atoms with Crippen LogP contribution in [0, 0.1) is 0 Å². The van der Waals surface area contributed by atoms with E-state index in [2.05, 4.69) is 9.88 Å². The molecule has 2 aliphatic heterocycles. The lowest BCUT2D eigenvalue weighted by molar-refractivity contribution is -0.146. The van der Waals surface area contributed by atoms with Crippen molar-refractivity contribution < 1.29 is 18.7 Å². The quantitative estimate of drug-likeness (QED) is 0.837. The molecule has 0 bridgehead atoms. The molecule has 0 aromatic carbocycles. The van der Waals surface area contributed by atoms with E-state index >= 15 is 0 Å². The van der Waals surface area contributed by atoms with E-state index in [0.717, 1.165) is 18.0 Å². The highest BCUT2D eigenvalue weighted by Crippen LogP contribution is 2.27. The van der Waals surface area contributed by atoms with Crippen LogP contribution in [0.2, 0.25) is 0 Å². The monoisotopic (exact) mass is 343 g/mol. The fourth-order valence-corrected chi connectivity index (χ4v) is 3.39. The van der Waals surface area contributed by atoms with Crippen molar-refractivity contribution in [3.8, 4) is 0 Å². The van der Waals surface area contributed by atoms with Crippen molar-refractivity contribution in [3.05, 3.63) is 48.7 Å². The molecule has 4 rings (SSSR count). The van der Waals surface area contributed by atoms with Crippen molar-refractivity contribution in [2.24, 2.45) is 0 Å². The summed E-state index contributed by atoms with van der Waals surface area (Å²) >= 11 is 0. The lowest BCUT2D eigenvalue weighted by Gasteiger charge is -2.42. The topological polar surface area (TPSA) is 68.0 Å². The van der Waals surface area contributed by atoms with Crippen molar-refractivity contribution in [2.75, 3.05) is 44.4 Å². The highest BCUT2D eigenvalue weighted by molar-refractivity contribution is 5.95. The van der Waals surface area contributed by atoms with E-state index in [4.69, 9.17) is 13.9 Å². The van der Waals surface area contributed by atoms with Gasteiger partial charge in [0.25, 0.3) is 5.91 Å². The Hall–Kier alpha value is -2.22. The Morgan fingerprint density at radius 3 is 3.00 bits per heavy atom. The van der Waals surface area contributed by atoms with Gasteiger partial charge in [-0.05, 0) is 24.3 Å². The molecular formula is C18H21N3O4. The van der Waals surface area contributed by atoms with Crippen molar-refractivity contribution in [1.29, 1.82) is 0 Å². The van der Waals surface area contributed by atoms with Gasteiger partial charge in [-0.25, -0.2) is 0 Å². The van der Waals surface area contributed by atoms with Crippen LogP contribution in [0.15, 0.2) is 47.3 Å². The molecule has 0 N–H and O–H groups in total. The smallest absolute Gasteiger partial charge is 0.253 e. The third-order valence-electron chi connectivity index (χ3n) is 4.60. The largest absolute Gasteiger partial charge is 0.468 e. The summed E-state index contributed by atoms with van der Waals surface area (Å²) in [5.41, 5.74) is 0.240. The van der Waals surface area contributed by atoms with Crippen molar-refractivity contribution in [2.45, 2.75) is 12.1 Å². The predicted molar refractivity (Wildman–Crippen MR) is 90.1 cm³/mol. The average Bonchev–Trinajstić information content (AvgIpc) is 3.07. The molecular weight excluding hydrogens is 322 g/mol. The molecule has 0 unspecified atom stereocenters. The first-order chi connectivity index (χ1) is 12.2. The summed E-state index contributed by atoms with van der Waals surface area (Å²) in [5, 5.41) is 0. The predicted octanol–water partition coefficient (Wildman–Crippen LogP) is 1.31. The number of morpholine rings is 1. The molecule has 0 radical (unpaired) electrons. The van der Waals surface area contributed by atoms with E-state index in [1.54, 1.807) is 23.6 Å². The van der Waals surface area contributed by atoms with E-state index in [9.17, 15) is 4.79 Å². The van der Waals surface area contributed by atoms with Crippen LogP contribution in [0.5, 0.6) is 0 Å². The number of aromatic nitrogens is 1.